The van der Waals surface area contributed by atoms with Gasteiger partial charge in [0.15, 0.2) is 9.84 Å². The Labute approximate surface area is 136 Å². The standard InChI is InChI=1S/C16H23FN2O3S/c1-11(18)13-4-3-9-19(10-13)16(20)12(2)23(21,22)15-7-5-14(17)6-8-15/h5-8,11-13H,3-4,9-10,18H2,1-2H3/t11-,12-,13-/m0/s1. The van der Waals surface area contributed by atoms with Crippen LogP contribution in [0.15, 0.2) is 29.2 Å². The van der Waals surface area contributed by atoms with Gasteiger partial charge in [-0.3, -0.25) is 4.79 Å². The van der Waals surface area contributed by atoms with Crippen LogP contribution in [0.4, 0.5) is 4.39 Å². The van der Waals surface area contributed by atoms with E-state index in [0.29, 0.717) is 13.1 Å². The highest BCUT2D eigenvalue weighted by molar-refractivity contribution is 7.92. The molecule has 7 heteroatoms. The maximum Gasteiger partial charge on any atom is 0.241 e. The van der Waals surface area contributed by atoms with Crippen molar-refractivity contribution < 1.29 is 17.6 Å². The molecule has 0 unspecified atom stereocenters. The molecule has 1 aromatic carbocycles. The first-order chi connectivity index (χ1) is 10.7. The van der Waals surface area contributed by atoms with Crippen LogP contribution in [0.5, 0.6) is 0 Å². The van der Waals surface area contributed by atoms with Gasteiger partial charge in [0, 0.05) is 19.1 Å². The third kappa shape index (κ3) is 3.90. The Morgan fingerprint density at radius 3 is 2.48 bits per heavy atom. The van der Waals surface area contributed by atoms with Crippen molar-refractivity contribution in [3.05, 3.63) is 30.1 Å². The van der Waals surface area contributed by atoms with E-state index in [0.717, 1.165) is 25.0 Å². The minimum absolute atomic E-state index is 0.0328. The topological polar surface area (TPSA) is 80.5 Å². The monoisotopic (exact) mass is 342 g/mol. The van der Waals surface area contributed by atoms with Gasteiger partial charge >= 0.3 is 0 Å². The number of likely N-dealkylation sites (tertiary alicyclic amines) is 1. The molecule has 23 heavy (non-hydrogen) atoms. The summed E-state index contributed by atoms with van der Waals surface area (Å²) >= 11 is 0. The average Bonchev–Trinajstić information content (AvgIpc) is 2.54. The summed E-state index contributed by atoms with van der Waals surface area (Å²) in [6.07, 6.45) is 1.77. The van der Waals surface area contributed by atoms with Crippen molar-refractivity contribution >= 4 is 15.7 Å². The lowest BCUT2D eigenvalue weighted by atomic mass is 9.92. The lowest BCUT2D eigenvalue weighted by Gasteiger charge is -2.35. The molecule has 0 saturated carbocycles. The van der Waals surface area contributed by atoms with Gasteiger partial charge in [0.1, 0.15) is 11.1 Å². The third-order valence-corrected chi connectivity index (χ3v) is 6.53. The summed E-state index contributed by atoms with van der Waals surface area (Å²) in [6, 6.07) is 4.51. The zero-order chi connectivity index (χ0) is 17.2. The highest BCUT2D eigenvalue weighted by Crippen LogP contribution is 2.23. The van der Waals surface area contributed by atoms with Crippen LogP contribution in [-0.2, 0) is 14.6 Å². The molecular formula is C16H23FN2O3S. The number of carbonyl (C=O) groups is 1. The molecule has 0 spiro atoms. The SMILES string of the molecule is C[C@H](N)[C@H]1CCCN(C(=O)[C@H](C)S(=O)(=O)c2ccc(F)cc2)C1. The summed E-state index contributed by atoms with van der Waals surface area (Å²) in [5.74, 6) is -0.744. The van der Waals surface area contributed by atoms with E-state index >= 15 is 0 Å². The molecule has 1 aliphatic rings. The second-order valence-corrected chi connectivity index (χ2v) is 8.46. The lowest BCUT2D eigenvalue weighted by molar-refractivity contribution is -0.132. The summed E-state index contributed by atoms with van der Waals surface area (Å²) in [5, 5.41) is -1.19. The number of benzene rings is 1. The lowest BCUT2D eigenvalue weighted by Crippen LogP contribution is -2.49. The minimum atomic E-state index is -3.83. The number of nitrogens with zero attached hydrogens (tertiary/aromatic N) is 1. The molecule has 1 aliphatic heterocycles. The summed E-state index contributed by atoms with van der Waals surface area (Å²) in [7, 11) is -3.83. The number of sulfone groups is 1. The van der Waals surface area contributed by atoms with Crippen LogP contribution in [0.2, 0.25) is 0 Å². The van der Waals surface area contributed by atoms with E-state index in [-0.39, 0.29) is 16.9 Å². The van der Waals surface area contributed by atoms with Gasteiger partial charge in [-0.05, 0) is 56.9 Å². The molecule has 3 atom stereocenters. The number of halogens is 1. The van der Waals surface area contributed by atoms with Crippen LogP contribution in [0, 0.1) is 11.7 Å². The molecule has 2 N–H and O–H groups in total. The van der Waals surface area contributed by atoms with Crippen LogP contribution >= 0.6 is 0 Å². The van der Waals surface area contributed by atoms with E-state index in [9.17, 15) is 17.6 Å². The van der Waals surface area contributed by atoms with Crippen LogP contribution in [0.1, 0.15) is 26.7 Å². The van der Waals surface area contributed by atoms with Gasteiger partial charge in [-0.15, -0.1) is 0 Å². The van der Waals surface area contributed by atoms with Crippen molar-refractivity contribution in [2.45, 2.75) is 42.9 Å². The molecule has 1 heterocycles. The molecule has 0 bridgehead atoms. The highest BCUT2D eigenvalue weighted by atomic mass is 32.2. The van der Waals surface area contributed by atoms with E-state index < -0.39 is 26.8 Å². The number of carbonyl (C=O) groups excluding carboxylic acids is 1. The molecule has 1 fully saturated rings. The largest absolute Gasteiger partial charge is 0.341 e. The third-order valence-electron chi connectivity index (χ3n) is 4.47. The van der Waals surface area contributed by atoms with Crippen molar-refractivity contribution in [3.63, 3.8) is 0 Å². The summed E-state index contributed by atoms with van der Waals surface area (Å²) in [5.41, 5.74) is 5.90. The minimum Gasteiger partial charge on any atom is -0.341 e. The maximum atomic E-state index is 13.0. The van der Waals surface area contributed by atoms with E-state index in [2.05, 4.69) is 0 Å². The predicted molar refractivity (Wildman–Crippen MR) is 86.0 cm³/mol. The molecule has 0 radical (unpaired) electrons. The van der Waals surface area contributed by atoms with E-state index in [1.54, 1.807) is 4.90 Å². The maximum absolute atomic E-state index is 13.0. The van der Waals surface area contributed by atoms with E-state index in [1.807, 2.05) is 6.92 Å². The van der Waals surface area contributed by atoms with Crippen LogP contribution in [0.3, 0.4) is 0 Å². The number of nitrogens with two attached hydrogens (primary N) is 1. The first-order valence-electron chi connectivity index (χ1n) is 7.77. The van der Waals surface area contributed by atoms with Crippen LogP contribution < -0.4 is 5.73 Å². The molecule has 128 valence electrons. The highest BCUT2D eigenvalue weighted by Gasteiger charge is 2.35. The summed E-state index contributed by atoms with van der Waals surface area (Å²) in [4.78, 5) is 14.1. The molecule has 5 nitrogen and oxygen atoms in total. The fourth-order valence-corrected chi connectivity index (χ4v) is 4.20. The molecule has 0 aromatic heterocycles. The van der Waals surface area contributed by atoms with Gasteiger partial charge in [-0.25, -0.2) is 12.8 Å². The smallest absolute Gasteiger partial charge is 0.241 e. The summed E-state index contributed by atoms with van der Waals surface area (Å²) in [6.45, 7) is 4.32. The second kappa shape index (κ2) is 6.97. The number of hydrogen-bond donors (Lipinski definition) is 1. The number of amides is 1. The zero-order valence-electron chi connectivity index (χ0n) is 13.4. The average molecular weight is 342 g/mol. The van der Waals surface area contributed by atoms with Crippen molar-refractivity contribution in [1.82, 2.24) is 4.90 Å². The van der Waals surface area contributed by atoms with Crippen molar-refractivity contribution in [3.8, 4) is 0 Å². The summed E-state index contributed by atoms with van der Waals surface area (Å²) < 4.78 is 38.1. The molecular weight excluding hydrogens is 319 g/mol. The number of piperidine rings is 1. The molecule has 1 saturated heterocycles. The quantitative estimate of drug-likeness (QED) is 0.842. The normalized spacial score (nSPS) is 21.7. The Balaban J connectivity index is 2.16. The van der Waals surface area contributed by atoms with Crippen molar-refractivity contribution in [2.75, 3.05) is 13.1 Å². The fraction of sp³-hybridized carbons (Fsp3) is 0.562. The molecule has 2 rings (SSSR count). The van der Waals surface area contributed by atoms with Gasteiger partial charge in [0.2, 0.25) is 5.91 Å². The van der Waals surface area contributed by atoms with Crippen LogP contribution in [0.25, 0.3) is 0 Å². The number of rotatable bonds is 4. The Morgan fingerprint density at radius 1 is 1.30 bits per heavy atom. The molecule has 1 aromatic rings. The predicted octanol–water partition coefficient (Wildman–Crippen LogP) is 1.57. The Morgan fingerprint density at radius 2 is 1.91 bits per heavy atom. The van der Waals surface area contributed by atoms with Gasteiger partial charge in [-0.2, -0.15) is 0 Å². The fourth-order valence-electron chi connectivity index (χ4n) is 2.86. The first-order valence-corrected chi connectivity index (χ1v) is 9.32. The molecule has 1 amide bonds. The second-order valence-electron chi connectivity index (χ2n) is 6.19. The van der Waals surface area contributed by atoms with Gasteiger partial charge in [0.25, 0.3) is 0 Å². The van der Waals surface area contributed by atoms with Gasteiger partial charge in [0.05, 0.1) is 4.90 Å². The Hall–Kier alpha value is -1.47. The zero-order valence-corrected chi connectivity index (χ0v) is 14.2. The Kier molecular flexibility index (Phi) is 5.41. The van der Waals surface area contributed by atoms with E-state index in [1.165, 1.54) is 19.1 Å². The van der Waals surface area contributed by atoms with Crippen LogP contribution in [-0.4, -0.2) is 43.6 Å². The number of hydrogen-bond acceptors (Lipinski definition) is 4. The molecule has 0 aliphatic carbocycles. The van der Waals surface area contributed by atoms with Crippen molar-refractivity contribution in [1.29, 1.82) is 0 Å². The first kappa shape index (κ1) is 17.9. The van der Waals surface area contributed by atoms with Gasteiger partial charge < -0.3 is 10.6 Å². The van der Waals surface area contributed by atoms with Gasteiger partial charge in [-0.1, -0.05) is 0 Å². The Bertz CT molecular complexity index is 658. The van der Waals surface area contributed by atoms with E-state index in [4.69, 9.17) is 5.73 Å². The van der Waals surface area contributed by atoms with Crippen molar-refractivity contribution in [2.24, 2.45) is 11.7 Å².